The largest absolute Gasteiger partial charge is 0.489 e. The van der Waals surface area contributed by atoms with Crippen molar-refractivity contribution in [2.45, 2.75) is 20.3 Å². The van der Waals surface area contributed by atoms with Crippen LogP contribution in [0.15, 0.2) is 64.1 Å². The number of fused-ring (bicyclic) bond motifs is 1. The van der Waals surface area contributed by atoms with E-state index in [-0.39, 0.29) is 12.3 Å². The fraction of sp³-hybridized carbons (Fsp3) is 0.190. The third kappa shape index (κ3) is 4.41. The number of nitrogens with zero attached hydrogens (tertiary/aromatic N) is 1. The number of hydrogen-bond acceptors (Lipinski definition) is 5. The van der Waals surface area contributed by atoms with Gasteiger partial charge in [0.15, 0.2) is 0 Å². The van der Waals surface area contributed by atoms with Crippen LogP contribution in [0.4, 0.5) is 5.69 Å². The molecule has 0 radical (unpaired) electrons. The zero-order valence-corrected chi connectivity index (χ0v) is 15.2. The fourth-order valence-corrected chi connectivity index (χ4v) is 2.68. The van der Waals surface area contributed by atoms with E-state index < -0.39 is 5.63 Å². The summed E-state index contributed by atoms with van der Waals surface area (Å²) < 4.78 is 11.0. The molecule has 3 rings (SSSR count). The lowest BCUT2D eigenvalue weighted by Crippen LogP contribution is -2.20. The van der Waals surface area contributed by atoms with Crippen LogP contribution in [0, 0.1) is 6.92 Å². The number of carbonyl (C=O) groups is 1. The lowest BCUT2D eigenvalue weighted by atomic mass is 10.0. The number of benzene rings is 1. The molecular weight excluding hydrogens is 344 g/mol. The van der Waals surface area contributed by atoms with Crippen LogP contribution >= 0.6 is 0 Å². The SMILES string of the molecule is C=C(C)COc1ccc2c(C)c(CC(=O)Nc3cccnc3)c(=O)oc2c1. The van der Waals surface area contributed by atoms with Crippen molar-refractivity contribution in [3.8, 4) is 5.75 Å². The van der Waals surface area contributed by atoms with Gasteiger partial charge in [-0.2, -0.15) is 0 Å². The minimum absolute atomic E-state index is 0.0765. The maximum atomic E-state index is 12.4. The maximum absolute atomic E-state index is 12.4. The summed E-state index contributed by atoms with van der Waals surface area (Å²) in [6.45, 7) is 7.85. The molecule has 2 aromatic heterocycles. The standard InChI is InChI=1S/C21H20N2O4/c1-13(2)12-26-16-6-7-17-14(3)18(21(25)27-19(17)9-16)10-20(24)23-15-5-4-8-22-11-15/h4-9,11H,1,10,12H2,2-3H3,(H,23,24). The first-order valence-corrected chi connectivity index (χ1v) is 8.47. The first kappa shape index (κ1) is 18.4. The normalized spacial score (nSPS) is 10.6. The molecule has 3 aromatic rings. The number of aromatic nitrogens is 1. The van der Waals surface area contributed by atoms with Crippen molar-refractivity contribution < 1.29 is 13.9 Å². The molecule has 138 valence electrons. The summed E-state index contributed by atoms with van der Waals surface area (Å²) in [6.07, 6.45) is 3.08. The molecule has 0 bridgehead atoms. The van der Waals surface area contributed by atoms with Crippen LogP contribution in [0.5, 0.6) is 5.75 Å². The van der Waals surface area contributed by atoms with E-state index in [1.54, 1.807) is 43.6 Å². The van der Waals surface area contributed by atoms with Gasteiger partial charge in [-0.25, -0.2) is 4.79 Å². The summed E-state index contributed by atoms with van der Waals surface area (Å²) in [4.78, 5) is 28.6. The molecule has 0 fully saturated rings. The monoisotopic (exact) mass is 364 g/mol. The second-order valence-electron chi connectivity index (χ2n) is 6.36. The van der Waals surface area contributed by atoms with Gasteiger partial charge in [0.05, 0.1) is 23.9 Å². The molecule has 0 saturated heterocycles. The number of ether oxygens (including phenoxy) is 1. The van der Waals surface area contributed by atoms with Crippen molar-refractivity contribution in [3.63, 3.8) is 0 Å². The van der Waals surface area contributed by atoms with Crippen LogP contribution in [0.3, 0.4) is 0 Å². The fourth-order valence-electron chi connectivity index (χ4n) is 2.68. The Labute approximate surface area is 156 Å². The predicted octanol–water partition coefficient (Wildman–Crippen LogP) is 3.63. The molecule has 0 aliphatic heterocycles. The van der Waals surface area contributed by atoms with E-state index in [1.165, 1.54) is 0 Å². The number of anilines is 1. The average molecular weight is 364 g/mol. The van der Waals surface area contributed by atoms with Gasteiger partial charge in [0.2, 0.25) is 5.91 Å². The van der Waals surface area contributed by atoms with E-state index in [0.717, 1.165) is 11.0 Å². The molecule has 27 heavy (non-hydrogen) atoms. The topological polar surface area (TPSA) is 81.4 Å². The molecule has 0 atom stereocenters. The summed E-state index contributed by atoms with van der Waals surface area (Å²) in [5.41, 5.74) is 2.41. The molecule has 0 saturated carbocycles. The Balaban J connectivity index is 1.86. The Bertz CT molecular complexity index is 1050. The van der Waals surface area contributed by atoms with E-state index in [0.29, 0.717) is 34.8 Å². The molecule has 0 spiro atoms. The second-order valence-corrected chi connectivity index (χ2v) is 6.36. The molecule has 6 nitrogen and oxygen atoms in total. The van der Waals surface area contributed by atoms with Crippen LogP contribution in [0.2, 0.25) is 0 Å². The van der Waals surface area contributed by atoms with Gasteiger partial charge >= 0.3 is 5.63 Å². The number of carbonyl (C=O) groups excluding carboxylic acids is 1. The Kier molecular flexibility index (Phi) is 5.35. The maximum Gasteiger partial charge on any atom is 0.340 e. The zero-order chi connectivity index (χ0) is 19.4. The number of pyridine rings is 1. The molecule has 1 aromatic carbocycles. The first-order chi connectivity index (χ1) is 12.9. The highest BCUT2D eigenvalue weighted by Gasteiger charge is 2.15. The minimum atomic E-state index is -0.529. The minimum Gasteiger partial charge on any atom is -0.489 e. The molecule has 0 aliphatic carbocycles. The van der Waals surface area contributed by atoms with Gasteiger partial charge in [-0.05, 0) is 49.2 Å². The van der Waals surface area contributed by atoms with E-state index in [4.69, 9.17) is 9.15 Å². The van der Waals surface area contributed by atoms with Crippen LogP contribution in [-0.2, 0) is 11.2 Å². The van der Waals surface area contributed by atoms with E-state index in [2.05, 4.69) is 16.9 Å². The Morgan fingerprint density at radius 2 is 2.15 bits per heavy atom. The zero-order valence-electron chi connectivity index (χ0n) is 15.2. The average Bonchev–Trinajstić information content (AvgIpc) is 2.64. The van der Waals surface area contributed by atoms with Crippen LogP contribution in [0.1, 0.15) is 18.1 Å². The third-order valence-corrected chi connectivity index (χ3v) is 4.03. The number of aryl methyl sites for hydroxylation is 1. The number of nitrogens with one attached hydrogen (secondary N) is 1. The lowest BCUT2D eigenvalue weighted by molar-refractivity contribution is -0.115. The Hall–Kier alpha value is -3.41. The molecule has 6 heteroatoms. The molecule has 2 heterocycles. The quantitative estimate of drug-likeness (QED) is 0.533. The van der Waals surface area contributed by atoms with Crippen molar-refractivity contribution in [1.29, 1.82) is 0 Å². The van der Waals surface area contributed by atoms with Crippen molar-refractivity contribution in [2.24, 2.45) is 0 Å². The van der Waals surface area contributed by atoms with Gasteiger partial charge < -0.3 is 14.5 Å². The third-order valence-electron chi connectivity index (χ3n) is 4.03. The highest BCUT2D eigenvalue weighted by Crippen LogP contribution is 2.24. The van der Waals surface area contributed by atoms with E-state index in [9.17, 15) is 9.59 Å². The number of amides is 1. The van der Waals surface area contributed by atoms with Gasteiger partial charge in [0.25, 0.3) is 0 Å². The highest BCUT2D eigenvalue weighted by molar-refractivity contribution is 5.93. The molecule has 0 aliphatic rings. The molecule has 1 N–H and O–H groups in total. The molecule has 0 unspecified atom stereocenters. The molecular formula is C21H20N2O4. The van der Waals surface area contributed by atoms with Crippen molar-refractivity contribution >= 4 is 22.6 Å². The van der Waals surface area contributed by atoms with Crippen LogP contribution < -0.4 is 15.7 Å². The smallest absolute Gasteiger partial charge is 0.340 e. The Morgan fingerprint density at radius 3 is 2.85 bits per heavy atom. The first-order valence-electron chi connectivity index (χ1n) is 8.47. The number of hydrogen-bond donors (Lipinski definition) is 1. The van der Waals surface area contributed by atoms with Gasteiger partial charge in [-0.15, -0.1) is 0 Å². The number of rotatable bonds is 6. The summed E-state index contributed by atoms with van der Waals surface area (Å²) in [5, 5.41) is 3.48. The lowest BCUT2D eigenvalue weighted by Gasteiger charge is -2.10. The Morgan fingerprint density at radius 1 is 1.33 bits per heavy atom. The second kappa shape index (κ2) is 7.86. The van der Waals surface area contributed by atoms with Gasteiger partial charge in [0.1, 0.15) is 17.9 Å². The molecule has 1 amide bonds. The van der Waals surface area contributed by atoms with Crippen molar-refractivity contribution in [1.82, 2.24) is 4.98 Å². The van der Waals surface area contributed by atoms with Gasteiger partial charge in [0, 0.05) is 17.6 Å². The van der Waals surface area contributed by atoms with Crippen molar-refractivity contribution in [3.05, 3.63) is 76.4 Å². The highest BCUT2D eigenvalue weighted by atomic mass is 16.5. The van der Waals surface area contributed by atoms with Gasteiger partial charge in [-0.3, -0.25) is 9.78 Å². The van der Waals surface area contributed by atoms with Crippen molar-refractivity contribution in [2.75, 3.05) is 11.9 Å². The van der Waals surface area contributed by atoms with E-state index in [1.807, 2.05) is 13.0 Å². The summed E-state index contributed by atoms with van der Waals surface area (Å²) in [5.74, 6) is 0.286. The van der Waals surface area contributed by atoms with Gasteiger partial charge in [-0.1, -0.05) is 6.58 Å². The predicted molar refractivity (Wildman–Crippen MR) is 104 cm³/mol. The summed E-state index contributed by atoms with van der Waals surface area (Å²) in [7, 11) is 0. The van der Waals surface area contributed by atoms with Crippen LogP contribution in [-0.4, -0.2) is 17.5 Å². The summed E-state index contributed by atoms with van der Waals surface area (Å²) in [6, 6.07) is 8.75. The summed E-state index contributed by atoms with van der Waals surface area (Å²) >= 11 is 0. The van der Waals surface area contributed by atoms with E-state index >= 15 is 0 Å². The van der Waals surface area contributed by atoms with Crippen LogP contribution in [0.25, 0.3) is 11.0 Å².